The first-order valence-electron chi connectivity index (χ1n) is 6.08. The minimum Gasteiger partial charge on any atom is -0.313 e. The Hall–Kier alpha value is -0.420. The second-order valence-electron chi connectivity index (χ2n) is 4.41. The Morgan fingerprint density at radius 2 is 2.00 bits per heavy atom. The normalized spacial score (nSPS) is 12.4. The summed E-state index contributed by atoms with van der Waals surface area (Å²) in [5, 5.41) is 3.67. The molecule has 1 nitrogen and oxygen atoms in total. The maximum absolute atomic E-state index is 13.9. The van der Waals surface area contributed by atoms with E-state index in [-0.39, 0.29) is 11.9 Å². The van der Waals surface area contributed by atoms with E-state index in [0.717, 1.165) is 14.5 Å². The summed E-state index contributed by atoms with van der Waals surface area (Å²) in [6.45, 7) is 0. The van der Waals surface area contributed by atoms with E-state index in [1.54, 1.807) is 12.1 Å². The molecule has 0 saturated carbocycles. The fourth-order valence-corrected chi connectivity index (χ4v) is 3.65. The van der Waals surface area contributed by atoms with Crippen LogP contribution in [0, 0.1) is 5.82 Å². The van der Waals surface area contributed by atoms with Crippen LogP contribution in [0.15, 0.2) is 45.3 Å². The third-order valence-corrected chi connectivity index (χ3v) is 4.69. The largest absolute Gasteiger partial charge is 0.313 e. The van der Waals surface area contributed by atoms with Crippen molar-refractivity contribution in [3.8, 4) is 0 Å². The van der Waals surface area contributed by atoms with Gasteiger partial charge in [0.1, 0.15) is 5.82 Å². The van der Waals surface area contributed by atoms with Crippen LogP contribution in [0.3, 0.4) is 0 Å². The topological polar surface area (TPSA) is 12.0 Å². The molecule has 2 rings (SSSR count). The molecule has 0 amide bonds. The summed E-state index contributed by atoms with van der Waals surface area (Å²) >= 11 is 13.1. The van der Waals surface area contributed by atoms with Crippen molar-refractivity contribution in [3.63, 3.8) is 0 Å². The van der Waals surface area contributed by atoms with Crippen LogP contribution in [0.2, 0.25) is 5.02 Å². The molecule has 0 spiro atoms. The van der Waals surface area contributed by atoms with Crippen molar-refractivity contribution in [1.82, 2.24) is 5.32 Å². The number of nitrogens with one attached hydrogen (secondary N) is 1. The van der Waals surface area contributed by atoms with Gasteiger partial charge in [0.25, 0.3) is 0 Å². The summed E-state index contributed by atoms with van der Waals surface area (Å²) in [5.41, 5.74) is 1.60. The summed E-state index contributed by atoms with van der Waals surface area (Å²) in [5.74, 6) is -0.272. The Morgan fingerprint density at radius 1 is 1.25 bits per heavy atom. The molecular formula is C15H13Br2ClFN. The van der Waals surface area contributed by atoms with Crippen LogP contribution in [0.5, 0.6) is 0 Å². The summed E-state index contributed by atoms with van der Waals surface area (Å²) in [7, 11) is 1.86. The van der Waals surface area contributed by atoms with Crippen LogP contribution < -0.4 is 5.32 Å². The molecule has 106 valence electrons. The van der Waals surface area contributed by atoms with E-state index in [9.17, 15) is 4.39 Å². The zero-order chi connectivity index (χ0) is 14.7. The smallest absolute Gasteiger partial charge is 0.127 e. The molecule has 1 N–H and O–H groups in total. The number of benzene rings is 2. The van der Waals surface area contributed by atoms with Crippen LogP contribution in [0.4, 0.5) is 4.39 Å². The third-order valence-electron chi connectivity index (χ3n) is 3.16. The number of likely N-dealkylation sites (N-methyl/N-ethyl adjacent to an activating group) is 1. The molecule has 0 aromatic heterocycles. The van der Waals surface area contributed by atoms with E-state index in [4.69, 9.17) is 11.6 Å². The molecule has 0 aliphatic rings. The zero-order valence-corrected chi connectivity index (χ0v) is 14.7. The highest BCUT2D eigenvalue weighted by Crippen LogP contribution is 2.31. The second-order valence-corrected chi connectivity index (χ2v) is 6.59. The van der Waals surface area contributed by atoms with Crippen molar-refractivity contribution in [2.45, 2.75) is 12.5 Å². The van der Waals surface area contributed by atoms with Gasteiger partial charge in [-0.3, -0.25) is 0 Å². The first-order valence-corrected chi connectivity index (χ1v) is 8.04. The van der Waals surface area contributed by atoms with Gasteiger partial charge in [0, 0.05) is 25.6 Å². The van der Waals surface area contributed by atoms with Gasteiger partial charge in [-0.25, -0.2) is 4.39 Å². The van der Waals surface area contributed by atoms with Crippen molar-refractivity contribution in [2.24, 2.45) is 0 Å². The van der Waals surface area contributed by atoms with E-state index < -0.39 is 0 Å². The Labute approximate surface area is 139 Å². The second kappa shape index (κ2) is 7.03. The molecule has 0 aliphatic carbocycles. The Bertz CT molecular complexity index is 599. The van der Waals surface area contributed by atoms with Crippen LogP contribution in [-0.4, -0.2) is 7.05 Å². The highest BCUT2D eigenvalue weighted by atomic mass is 79.9. The minimum absolute atomic E-state index is 0.0214. The molecule has 2 aromatic rings. The van der Waals surface area contributed by atoms with Gasteiger partial charge < -0.3 is 5.32 Å². The molecule has 0 heterocycles. The zero-order valence-electron chi connectivity index (χ0n) is 10.8. The Kier molecular flexibility index (Phi) is 5.61. The molecule has 0 bridgehead atoms. The highest BCUT2D eigenvalue weighted by Gasteiger charge is 2.17. The van der Waals surface area contributed by atoms with Crippen LogP contribution in [0.25, 0.3) is 0 Å². The van der Waals surface area contributed by atoms with Gasteiger partial charge in [-0.1, -0.05) is 55.6 Å². The lowest BCUT2D eigenvalue weighted by molar-refractivity contribution is 0.553. The van der Waals surface area contributed by atoms with Gasteiger partial charge in [0.15, 0.2) is 0 Å². The summed E-state index contributed by atoms with van der Waals surface area (Å²) in [6.07, 6.45) is 0.488. The van der Waals surface area contributed by atoms with E-state index in [1.165, 1.54) is 6.07 Å². The number of halogens is 4. The number of hydrogen-bond donors (Lipinski definition) is 1. The summed E-state index contributed by atoms with van der Waals surface area (Å²) in [6, 6.07) is 10.7. The SMILES string of the molecule is CNC(Cc1c(F)cccc1Cl)c1ccc(Br)cc1Br. The average Bonchev–Trinajstić information content (AvgIpc) is 2.40. The molecular weight excluding hydrogens is 408 g/mol. The maximum atomic E-state index is 13.9. The van der Waals surface area contributed by atoms with Crippen molar-refractivity contribution >= 4 is 43.5 Å². The van der Waals surface area contributed by atoms with Gasteiger partial charge in [-0.2, -0.15) is 0 Å². The molecule has 0 aliphatic heterocycles. The molecule has 2 aromatic carbocycles. The molecule has 0 radical (unpaired) electrons. The van der Waals surface area contributed by atoms with Crippen molar-refractivity contribution in [2.75, 3.05) is 7.05 Å². The Morgan fingerprint density at radius 3 is 2.60 bits per heavy atom. The average molecular weight is 422 g/mol. The van der Waals surface area contributed by atoms with Gasteiger partial charge in [-0.05, 0) is 43.3 Å². The molecule has 1 unspecified atom stereocenters. The highest BCUT2D eigenvalue weighted by molar-refractivity contribution is 9.11. The number of hydrogen-bond acceptors (Lipinski definition) is 1. The molecule has 20 heavy (non-hydrogen) atoms. The monoisotopic (exact) mass is 419 g/mol. The fraction of sp³-hybridized carbons (Fsp3) is 0.200. The minimum atomic E-state index is -0.272. The van der Waals surface area contributed by atoms with Crippen molar-refractivity contribution < 1.29 is 4.39 Å². The Balaban J connectivity index is 2.34. The molecule has 0 fully saturated rings. The lowest BCUT2D eigenvalue weighted by Gasteiger charge is -2.19. The maximum Gasteiger partial charge on any atom is 0.127 e. The standard InChI is InChI=1S/C15H13Br2ClFN/c1-20-15(10-6-5-9(16)7-12(10)17)8-11-13(18)3-2-4-14(11)19/h2-7,15,20H,8H2,1H3. The van der Waals surface area contributed by atoms with Gasteiger partial charge in [0.05, 0.1) is 0 Å². The van der Waals surface area contributed by atoms with Gasteiger partial charge in [-0.15, -0.1) is 0 Å². The van der Waals surface area contributed by atoms with Crippen LogP contribution in [-0.2, 0) is 6.42 Å². The quantitative estimate of drug-likeness (QED) is 0.687. The number of rotatable bonds is 4. The van der Waals surface area contributed by atoms with E-state index in [0.29, 0.717) is 17.0 Å². The first-order chi connectivity index (χ1) is 9.52. The first kappa shape index (κ1) is 16.0. The van der Waals surface area contributed by atoms with Crippen molar-refractivity contribution in [1.29, 1.82) is 0 Å². The lowest BCUT2D eigenvalue weighted by Crippen LogP contribution is -2.20. The summed E-state index contributed by atoms with van der Waals surface area (Å²) < 4.78 is 15.9. The van der Waals surface area contributed by atoms with E-state index >= 15 is 0 Å². The predicted molar refractivity (Wildman–Crippen MR) is 88.8 cm³/mol. The lowest BCUT2D eigenvalue weighted by atomic mass is 9.98. The molecule has 1 atom stereocenters. The summed E-state index contributed by atoms with van der Waals surface area (Å²) in [4.78, 5) is 0. The van der Waals surface area contributed by atoms with Crippen LogP contribution in [0.1, 0.15) is 17.2 Å². The fourth-order valence-electron chi connectivity index (χ4n) is 2.08. The van der Waals surface area contributed by atoms with Gasteiger partial charge in [0.2, 0.25) is 0 Å². The third kappa shape index (κ3) is 3.61. The van der Waals surface area contributed by atoms with E-state index in [1.807, 2.05) is 25.2 Å². The molecule has 5 heteroatoms. The predicted octanol–water partition coefficient (Wildman–Crippen LogP) is 5.51. The van der Waals surface area contributed by atoms with Gasteiger partial charge >= 0.3 is 0 Å². The van der Waals surface area contributed by atoms with E-state index in [2.05, 4.69) is 37.2 Å². The molecule has 0 saturated heterocycles. The van der Waals surface area contributed by atoms with Crippen LogP contribution >= 0.6 is 43.5 Å². The van der Waals surface area contributed by atoms with Crippen molar-refractivity contribution in [3.05, 3.63) is 67.3 Å².